The van der Waals surface area contributed by atoms with Gasteiger partial charge in [0.15, 0.2) is 5.78 Å². The Labute approximate surface area is 83.4 Å². The molecule has 0 radical (unpaired) electrons. The van der Waals surface area contributed by atoms with Gasteiger partial charge in [0.1, 0.15) is 0 Å². The Balaban J connectivity index is 2.08. The lowest BCUT2D eigenvalue weighted by atomic mass is 9.92. The van der Waals surface area contributed by atoms with E-state index in [0.29, 0.717) is 5.78 Å². The second-order valence-electron chi connectivity index (χ2n) is 4.11. The van der Waals surface area contributed by atoms with Crippen LogP contribution in [0.5, 0.6) is 0 Å². The Bertz CT molecular complexity index is 376. The van der Waals surface area contributed by atoms with E-state index in [0.717, 1.165) is 19.4 Å². The molecule has 2 aliphatic carbocycles. The summed E-state index contributed by atoms with van der Waals surface area (Å²) < 4.78 is 0. The minimum Gasteiger partial charge on any atom is -0.388 e. The van der Waals surface area contributed by atoms with Crippen LogP contribution in [0, 0.1) is 11.8 Å². The van der Waals surface area contributed by atoms with Crippen molar-refractivity contribution in [1.82, 2.24) is 5.32 Å². The van der Waals surface area contributed by atoms with E-state index in [4.69, 9.17) is 0 Å². The molecular weight excluding hydrogens is 174 g/mol. The van der Waals surface area contributed by atoms with Crippen molar-refractivity contribution in [2.24, 2.45) is 11.8 Å². The molecule has 0 amide bonds. The largest absolute Gasteiger partial charge is 0.388 e. The Kier molecular flexibility index (Phi) is 1.63. The molecule has 2 unspecified atom stereocenters. The van der Waals surface area contributed by atoms with Crippen molar-refractivity contribution in [1.29, 1.82) is 0 Å². The van der Waals surface area contributed by atoms with Gasteiger partial charge in [0.2, 0.25) is 0 Å². The van der Waals surface area contributed by atoms with E-state index >= 15 is 0 Å². The maximum Gasteiger partial charge on any atom is 0.153 e. The maximum atomic E-state index is 12.0. The first kappa shape index (κ1) is 8.04. The SMILES string of the molecule is O=C1C2C=CC=CC2=C2NCCCC12. The summed E-state index contributed by atoms with van der Waals surface area (Å²) >= 11 is 0. The molecule has 2 nitrogen and oxygen atoms in total. The average Bonchev–Trinajstić information content (AvgIpc) is 2.55. The topological polar surface area (TPSA) is 29.1 Å². The van der Waals surface area contributed by atoms with Gasteiger partial charge in [0.25, 0.3) is 0 Å². The zero-order valence-corrected chi connectivity index (χ0v) is 7.99. The molecule has 3 aliphatic rings. The highest BCUT2D eigenvalue weighted by atomic mass is 16.1. The van der Waals surface area contributed by atoms with Crippen LogP contribution in [-0.4, -0.2) is 12.3 Å². The number of ketones is 1. The van der Waals surface area contributed by atoms with E-state index in [2.05, 4.69) is 11.4 Å². The molecule has 14 heavy (non-hydrogen) atoms. The molecule has 2 atom stereocenters. The third-order valence-corrected chi connectivity index (χ3v) is 3.32. The van der Waals surface area contributed by atoms with E-state index in [1.807, 2.05) is 18.2 Å². The number of hydrogen-bond acceptors (Lipinski definition) is 2. The molecule has 0 bridgehead atoms. The number of Topliss-reactive ketones (excluding diaryl/α,β-unsaturated/α-hetero) is 1. The Morgan fingerprint density at radius 1 is 1.36 bits per heavy atom. The van der Waals surface area contributed by atoms with Gasteiger partial charge < -0.3 is 5.32 Å². The Hall–Kier alpha value is -1.31. The van der Waals surface area contributed by atoms with Crippen LogP contribution >= 0.6 is 0 Å². The van der Waals surface area contributed by atoms with Gasteiger partial charge in [0.05, 0.1) is 11.8 Å². The molecule has 2 heteroatoms. The lowest BCUT2D eigenvalue weighted by Gasteiger charge is -2.21. The predicted molar refractivity (Wildman–Crippen MR) is 54.5 cm³/mol. The van der Waals surface area contributed by atoms with E-state index in [9.17, 15) is 4.79 Å². The summed E-state index contributed by atoms with van der Waals surface area (Å²) in [5.74, 6) is 0.601. The summed E-state index contributed by atoms with van der Waals surface area (Å²) in [6, 6.07) is 0. The number of fused-ring (bicyclic) bond motifs is 2. The average molecular weight is 187 g/mol. The highest BCUT2D eigenvalue weighted by Gasteiger charge is 2.40. The van der Waals surface area contributed by atoms with Crippen molar-refractivity contribution in [3.63, 3.8) is 0 Å². The van der Waals surface area contributed by atoms with E-state index in [1.165, 1.54) is 11.3 Å². The van der Waals surface area contributed by atoms with Crippen LogP contribution in [0.15, 0.2) is 35.6 Å². The fraction of sp³-hybridized carbons (Fsp3) is 0.417. The Morgan fingerprint density at radius 2 is 2.29 bits per heavy atom. The molecule has 1 N–H and O–H groups in total. The van der Waals surface area contributed by atoms with Crippen molar-refractivity contribution in [2.45, 2.75) is 12.8 Å². The second-order valence-corrected chi connectivity index (χ2v) is 4.11. The minimum atomic E-state index is 0.0469. The molecule has 3 rings (SSSR count). The molecule has 1 saturated heterocycles. The van der Waals surface area contributed by atoms with Crippen LogP contribution in [0.3, 0.4) is 0 Å². The zero-order valence-electron chi connectivity index (χ0n) is 7.99. The van der Waals surface area contributed by atoms with Gasteiger partial charge in [-0.05, 0) is 18.4 Å². The smallest absolute Gasteiger partial charge is 0.153 e. The predicted octanol–water partition coefficient (Wildman–Crippen LogP) is 1.56. The number of nitrogens with one attached hydrogen (secondary N) is 1. The number of rotatable bonds is 0. The quantitative estimate of drug-likeness (QED) is 0.623. The van der Waals surface area contributed by atoms with Crippen LogP contribution in [0.25, 0.3) is 0 Å². The highest BCUT2D eigenvalue weighted by Crippen LogP contribution is 2.39. The van der Waals surface area contributed by atoms with Crippen molar-refractivity contribution >= 4 is 5.78 Å². The summed E-state index contributed by atoms with van der Waals surface area (Å²) in [7, 11) is 0. The lowest BCUT2D eigenvalue weighted by Crippen LogP contribution is -2.29. The van der Waals surface area contributed by atoms with Crippen molar-refractivity contribution in [3.05, 3.63) is 35.6 Å². The molecule has 0 aromatic carbocycles. The van der Waals surface area contributed by atoms with E-state index in [1.54, 1.807) is 0 Å². The first-order valence-electron chi connectivity index (χ1n) is 5.24. The number of hydrogen-bond donors (Lipinski definition) is 1. The molecule has 1 aliphatic heterocycles. The molecule has 0 aromatic heterocycles. The summed E-state index contributed by atoms with van der Waals surface area (Å²) in [5.41, 5.74) is 2.41. The fourth-order valence-corrected chi connectivity index (χ4v) is 2.65. The minimum absolute atomic E-state index is 0.0469. The molecular formula is C12H13NO. The van der Waals surface area contributed by atoms with Crippen molar-refractivity contribution in [3.8, 4) is 0 Å². The Morgan fingerprint density at radius 3 is 3.21 bits per heavy atom. The van der Waals surface area contributed by atoms with Crippen LogP contribution in [0.1, 0.15) is 12.8 Å². The van der Waals surface area contributed by atoms with Crippen molar-refractivity contribution in [2.75, 3.05) is 6.54 Å². The third kappa shape index (κ3) is 0.939. The van der Waals surface area contributed by atoms with Gasteiger partial charge in [-0.1, -0.05) is 24.3 Å². The molecule has 0 spiro atoms. The summed E-state index contributed by atoms with van der Waals surface area (Å²) in [6.07, 6.45) is 10.2. The first-order chi connectivity index (χ1) is 6.88. The van der Waals surface area contributed by atoms with Crippen LogP contribution in [0.2, 0.25) is 0 Å². The molecule has 0 saturated carbocycles. The third-order valence-electron chi connectivity index (χ3n) is 3.32. The van der Waals surface area contributed by atoms with Gasteiger partial charge in [-0.2, -0.15) is 0 Å². The molecule has 72 valence electrons. The van der Waals surface area contributed by atoms with E-state index < -0.39 is 0 Å². The molecule has 1 heterocycles. The number of allylic oxidation sites excluding steroid dienone is 6. The summed E-state index contributed by atoms with van der Waals surface area (Å²) in [4.78, 5) is 12.0. The van der Waals surface area contributed by atoms with Crippen molar-refractivity contribution < 1.29 is 4.79 Å². The fourth-order valence-electron chi connectivity index (χ4n) is 2.65. The monoisotopic (exact) mass is 187 g/mol. The van der Waals surface area contributed by atoms with Gasteiger partial charge in [-0.25, -0.2) is 0 Å². The maximum absolute atomic E-state index is 12.0. The van der Waals surface area contributed by atoms with Gasteiger partial charge in [-0.15, -0.1) is 0 Å². The highest BCUT2D eigenvalue weighted by molar-refractivity contribution is 5.95. The zero-order chi connectivity index (χ0) is 9.54. The molecule has 0 aromatic rings. The first-order valence-corrected chi connectivity index (χ1v) is 5.24. The summed E-state index contributed by atoms with van der Waals surface area (Å²) in [6.45, 7) is 1.02. The number of carbonyl (C=O) groups excluding carboxylic acids is 1. The second kappa shape index (κ2) is 2.84. The number of carbonyl (C=O) groups is 1. The van der Waals surface area contributed by atoms with Crippen LogP contribution in [0.4, 0.5) is 0 Å². The standard InChI is InChI=1S/C12H13NO/c14-12-9-5-2-1-4-8(9)11-10(12)6-3-7-13-11/h1-2,4-5,9-10,13H,3,6-7H2. The molecule has 1 fully saturated rings. The van der Waals surface area contributed by atoms with Gasteiger partial charge >= 0.3 is 0 Å². The normalized spacial score (nSPS) is 34.1. The lowest BCUT2D eigenvalue weighted by molar-refractivity contribution is -0.122. The van der Waals surface area contributed by atoms with Gasteiger partial charge in [-0.3, -0.25) is 4.79 Å². The van der Waals surface area contributed by atoms with E-state index in [-0.39, 0.29) is 11.8 Å². The van der Waals surface area contributed by atoms with Crippen LogP contribution < -0.4 is 5.32 Å². The number of piperidine rings is 1. The van der Waals surface area contributed by atoms with Crippen LogP contribution in [-0.2, 0) is 4.79 Å². The summed E-state index contributed by atoms with van der Waals surface area (Å²) in [5, 5.41) is 3.38. The van der Waals surface area contributed by atoms with Gasteiger partial charge in [0, 0.05) is 12.2 Å².